The van der Waals surface area contributed by atoms with E-state index in [1.54, 1.807) is 13.1 Å². The minimum absolute atomic E-state index is 0.564. The molecule has 0 fully saturated rings. The Balaban J connectivity index is 6.09. The van der Waals surface area contributed by atoms with E-state index in [0.717, 1.165) is 12.5 Å². The predicted octanol–water partition coefficient (Wildman–Crippen LogP) is 8.14. The van der Waals surface area contributed by atoms with Gasteiger partial charge in [0.1, 0.15) is 0 Å². The van der Waals surface area contributed by atoms with Crippen LogP contribution in [0.1, 0.15) is 25.7 Å². The number of thiol groups is 2. The first-order chi connectivity index (χ1) is 14.7. The maximum atomic E-state index is 13.2. The first-order valence-corrected chi connectivity index (χ1v) is 23.7. The van der Waals surface area contributed by atoms with Crippen LogP contribution in [0.4, 0.5) is 26.3 Å². The van der Waals surface area contributed by atoms with Gasteiger partial charge in [0.05, 0.1) is 0 Å². The lowest BCUT2D eigenvalue weighted by atomic mass is 10.5. The molecule has 0 atom stereocenters. The summed E-state index contributed by atoms with van der Waals surface area (Å²) in [6.45, 7) is 11.0. The molecule has 0 aromatic heterocycles. The van der Waals surface area contributed by atoms with Crippen molar-refractivity contribution in [1.82, 2.24) is 0 Å². The molecule has 0 saturated carbocycles. The number of hydrogen-bond donors (Lipinski definition) is 2. The molecule has 200 valence electrons. The van der Waals surface area contributed by atoms with Crippen molar-refractivity contribution in [3.05, 3.63) is 0 Å². The molecule has 0 spiro atoms. The van der Waals surface area contributed by atoms with Gasteiger partial charge in [-0.3, -0.25) is 0 Å². The zero-order valence-electron chi connectivity index (χ0n) is 20.5. The van der Waals surface area contributed by atoms with E-state index >= 15 is 0 Å². The number of halogens is 6. The van der Waals surface area contributed by atoms with E-state index in [4.69, 9.17) is 12.3 Å². The Kier molecular flexibility index (Phi) is 14.0. The molecule has 0 aromatic rings. The maximum absolute atomic E-state index is 13.2. The highest BCUT2D eigenvalue weighted by Gasteiger charge is 2.51. The van der Waals surface area contributed by atoms with Crippen molar-refractivity contribution in [3.63, 3.8) is 0 Å². The Morgan fingerprint density at radius 3 is 1.27 bits per heavy atom. The fourth-order valence-corrected chi connectivity index (χ4v) is 24.8. The lowest BCUT2D eigenvalue weighted by molar-refractivity contribution is -0.133. The molecule has 15 heteroatoms. The zero-order valence-corrected chi connectivity index (χ0v) is 26.2. The second-order valence-electron chi connectivity index (χ2n) is 10.0. The van der Waals surface area contributed by atoms with Crippen molar-refractivity contribution >= 4 is 59.0 Å². The van der Waals surface area contributed by atoms with Gasteiger partial charge in [-0.15, -0.1) is 0 Å². The largest absolute Gasteiger partial charge is 0.436 e. The first kappa shape index (κ1) is 34.0. The summed E-state index contributed by atoms with van der Waals surface area (Å²) in [6.07, 6.45) is -10.0. The molecule has 0 aliphatic rings. The van der Waals surface area contributed by atoms with Crippen LogP contribution < -0.4 is 0 Å². The molecule has 33 heavy (non-hydrogen) atoms. The van der Waals surface area contributed by atoms with Crippen molar-refractivity contribution in [3.8, 4) is 0 Å². The van der Waals surface area contributed by atoms with Gasteiger partial charge in [0.15, 0.2) is 16.6 Å². The minimum Gasteiger partial charge on any atom is -0.436 e. The second kappa shape index (κ2) is 13.5. The highest BCUT2D eigenvalue weighted by molar-refractivity contribution is 7.80. The van der Waals surface area contributed by atoms with E-state index < -0.39 is 71.0 Å². The molecule has 0 unspecified atom stereocenters. The van der Waals surface area contributed by atoms with Crippen LogP contribution in [0.15, 0.2) is 0 Å². The van der Waals surface area contributed by atoms with Crippen LogP contribution in [0, 0.1) is 0 Å². The van der Waals surface area contributed by atoms with Crippen LogP contribution in [0.25, 0.3) is 0 Å². The Morgan fingerprint density at radius 2 is 0.939 bits per heavy atom. The fraction of sp³-hybridized carbons (Fsp3) is 1.00. The Bertz CT molecular complexity index is 560. The highest BCUT2D eigenvalue weighted by atomic mass is 32.1. The van der Waals surface area contributed by atoms with E-state index in [0.29, 0.717) is 24.0 Å². The number of rotatable bonds is 16. The fourth-order valence-electron chi connectivity index (χ4n) is 3.76. The number of alkyl halides is 6. The maximum Gasteiger partial charge on any atom is 0.389 e. The van der Waals surface area contributed by atoms with Crippen LogP contribution in [0.3, 0.4) is 0 Å². The van der Waals surface area contributed by atoms with Gasteiger partial charge >= 0.3 is 29.5 Å². The van der Waals surface area contributed by atoms with Gasteiger partial charge in [-0.2, -0.15) is 51.6 Å². The summed E-state index contributed by atoms with van der Waals surface area (Å²) in [7, 11) is -11.9. The van der Waals surface area contributed by atoms with E-state index in [2.05, 4.69) is 25.3 Å². The molecule has 0 aliphatic heterocycles. The molecule has 0 bridgehead atoms. The Hall–Kier alpha value is 1.03. The zero-order chi connectivity index (χ0) is 26.2. The smallest absolute Gasteiger partial charge is 0.389 e. The predicted molar refractivity (Wildman–Crippen MR) is 139 cm³/mol. The van der Waals surface area contributed by atoms with E-state index in [1.807, 2.05) is 26.2 Å². The number of hydrogen-bond acceptors (Lipinski definition) is 5. The third kappa shape index (κ3) is 17.2. The highest BCUT2D eigenvalue weighted by Crippen LogP contribution is 2.39. The standard InChI is InChI=1S/C18H40F6O3S2Si4/c1-30(2,13-7-11-28)25-32(5,6)27-33(15-9-17(19,20)21,16-10-18(22,23)24)26-31(3,4)14-8-12-29/h28-29H,7-16H2,1-6H3. The van der Waals surface area contributed by atoms with Crippen LogP contribution in [-0.4, -0.2) is 57.6 Å². The van der Waals surface area contributed by atoms with Crippen molar-refractivity contribution in [2.45, 2.75) is 101 Å². The minimum atomic E-state index is -4.52. The quantitative estimate of drug-likeness (QED) is 0.107. The average Bonchev–Trinajstić information content (AvgIpc) is 2.59. The van der Waals surface area contributed by atoms with Crippen LogP contribution >= 0.6 is 25.3 Å². The summed E-state index contributed by atoms with van der Waals surface area (Å²) < 4.78 is 98.3. The average molecular weight is 595 g/mol. The Labute approximate surface area is 210 Å². The summed E-state index contributed by atoms with van der Waals surface area (Å²) in [4.78, 5) is 0. The SMILES string of the molecule is C[Si](C)(CCCS)O[Si](C)(C)O[Si](CCC(F)(F)F)(CCC(F)(F)F)O[Si](C)(C)CCCS. The van der Waals surface area contributed by atoms with Gasteiger partial charge in [-0.05, 0) is 87.8 Å². The molecule has 0 saturated heterocycles. The summed E-state index contributed by atoms with van der Waals surface area (Å²) in [5, 5.41) is 0. The third-order valence-corrected chi connectivity index (χ3v) is 22.0. The molecule has 0 aromatic carbocycles. The van der Waals surface area contributed by atoms with Gasteiger partial charge in [0.25, 0.3) is 0 Å². The molecule has 0 radical (unpaired) electrons. The monoisotopic (exact) mass is 594 g/mol. The van der Waals surface area contributed by atoms with Gasteiger partial charge in [-0.1, -0.05) is 0 Å². The van der Waals surface area contributed by atoms with Gasteiger partial charge in [0, 0.05) is 12.8 Å². The second-order valence-corrected chi connectivity index (χ2v) is 27.0. The molecule has 0 N–H and O–H groups in total. The van der Waals surface area contributed by atoms with Gasteiger partial charge in [0.2, 0.25) is 0 Å². The van der Waals surface area contributed by atoms with Crippen molar-refractivity contribution in [2.75, 3.05) is 11.5 Å². The van der Waals surface area contributed by atoms with E-state index in [9.17, 15) is 26.3 Å². The van der Waals surface area contributed by atoms with E-state index in [1.165, 1.54) is 0 Å². The van der Waals surface area contributed by atoms with E-state index in [-0.39, 0.29) is 0 Å². The molecular formula is C18H40F6O3S2Si4. The van der Waals surface area contributed by atoms with Crippen molar-refractivity contribution in [1.29, 1.82) is 0 Å². The van der Waals surface area contributed by atoms with Crippen molar-refractivity contribution in [2.24, 2.45) is 0 Å². The summed E-state index contributed by atoms with van der Waals surface area (Å²) in [5.41, 5.74) is 0. The third-order valence-electron chi connectivity index (χ3n) is 4.87. The molecule has 0 aliphatic carbocycles. The summed E-state index contributed by atoms with van der Waals surface area (Å²) in [6, 6.07) is 0.223. The normalized spacial score (nSPS) is 14.7. The lowest BCUT2D eigenvalue weighted by Crippen LogP contribution is -2.59. The molecular weight excluding hydrogens is 555 g/mol. The van der Waals surface area contributed by atoms with Gasteiger partial charge in [-0.25, -0.2) is 0 Å². The summed E-state index contributed by atoms with van der Waals surface area (Å²) in [5.74, 6) is 1.24. The molecule has 0 heterocycles. The summed E-state index contributed by atoms with van der Waals surface area (Å²) >= 11 is 8.40. The van der Waals surface area contributed by atoms with Gasteiger partial charge < -0.3 is 12.3 Å². The molecule has 3 nitrogen and oxygen atoms in total. The molecule has 0 amide bonds. The molecule has 0 rings (SSSR count). The Morgan fingerprint density at radius 1 is 0.576 bits per heavy atom. The lowest BCUT2D eigenvalue weighted by Gasteiger charge is -2.44. The first-order valence-electron chi connectivity index (χ1n) is 11.1. The van der Waals surface area contributed by atoms with Crippen molar-refractivity contribution < 1.29 is 38.7 Å². The van der Waals surface area contributed by atoms with Crippen LogP contribution in [0.2, 0.25) is 63.5 Å². The topological polar surface area (TPSA) is 27.7 Å². The van der Waals surface area contributed by atoms with Crippen LogP contribution in [0.5, 0.6) is 0 Å². The van der Waals surface area contributed by atoms with Crippen LogP contribution in [-0.2, 0) is 12.3 Å².